The Morgan fingerprint density at radius 3 is 2.57 bits per heavy atom. The van der Waals surface area contributed by atoms with Gasteiger partial charge in [-0.05, 0) is 48.0 Å². The third-order valence-electron chi connectivity index (χ3n) is 3.58. The van der Waals surface area contributed by atoms with Gasteiger partial charge in [0.1, 0.15) is 0 Å². The SMILES string of the molecule is CN(C(=S)NCCCCP(=O)(O)O)c1ccc2ccccc2c1. The molecule has 0 atom stereocenters. The first-order valence-corrected chi connectivity index (χ1v) is 9.62. The van der Waals surface area contributed by atoms with Crippen molar-refractivity contribution in [3.63, 3.8) is 0 Å². The van der Waals surface area contributed by atoms with E-state index in [9.17, 15) is 4.57 Å². The largest absolute Gasteiger partial charge is 0.362 e. The van der Waals surface area contributed by atoms with Crippen molar-refractivity contribution >= 4 is 41.4 Å². The van der Waals surface area contributed by atoms with Gasteiger partial charge in [0.05, 0.1) is 0 Å². The quantitative estimate of drug-likeness (QED) is 0.421. The molecule has 0 heterocycles. The van der Waals surface area contributed by atoms with E-state index < -0.39 is 7.60 Å². The summed E-state index contributed by atoms with van der Waals surface area (Å²) < 4.78 is 10.8. The standard InChI is InChI=1S/C16H21N2O3PS/c1-18(16(23)17-10-4-5-11-22(19,20)21)15-9-8-13-6-2-3-7-14(13)12-15/h2-3,6-9,12H,4-5,10-11H2,1H3,(H,17,23)(H2,19,20,21). The monoisotopic (exact) mass is 352 g/mol. The highest BCUT2D eigenvalue weighted by Gasteiger charge is 2.12. The van der Waals surface area contributed by atoms with Crippen molar-refractivity contribution in [3.05, 3.63) is 42.5 Å². The van der Waals surface area contributed by atoms with Crippen LogP contribution in [0, 0.1) is 0 Å². The number of hydrogen-bond donors (Lipinski definition) is 3. The molecule has 2 aromatic rings. The highest BCUT2D eigenvalue weighted by Crippen LogP contribution is 2.35. The lowest BCUT2D eigenvalue weighted by molar-refractivity contribution is 0.371. The first-order chi connectivity index (χ1) is 10.9. The molecule has 2 aromatic carbocycles. The smallest absolute Gasteiger partial charge is 0.325 e. The van der Waals surface area contributed by atoms with Gasteiger partial charge in [-0.1, -0.05) is 30.3 Å². The molecule has 0 saturated heterocycles. The predicted octanol–water partition coefficient (Wildman–Crippen LogP) is 3.11. The van der Waals surface area contributed by atoms with Crippen LogP contribution < -0.4 is 10.2 Å². The van der Waals surface area contributed by atoms with E-state index in [1.807, 2.05) is 30.1 Å². The second-order valence-electron chi connectivity index (χ2n) is 5.42. The maximum Gasteiger partial charge on any atom is 0.325 e. The molecule has 0 aliphatic rings. The zero-order valence-electron chi connectivity index (χ0n) is 13.0. The molecule has 0 radical (unpaired) electrons. The van der Waals surface area contributed by atoms with Crippen LogP contribution in [0.5, 0.6) is 0 Å². The van der Waals surface area contributed by atoms with E-state index in [1.54, 1.807) is 0 Å². The summed E-state index contributed by atoms with van der Waals surface area (Å²) in [6, 6.07) is 14.3. The molecule has 0 aliphatic carbocycles. The molecule has 0 unspecified atom stereocenters. The Hall–Kier alpha value is -1.46. The molecule has 0 bridgehead atoms. The van der Waals surface area contributed by atoms with Gasteiger partial charge in [-0.3, -0.25) is 4.57 Å². The minimum atomic E-state index is -3.89. The molecule has 0 aliphatic heterocycles. The summed E-state index contributed by atoms with van der Waals surface area (Å²) in [7, 11) is -1.99. The maximum absolute atomic E-state index is 10.8. The highest BCUT2D eigenvalue weighted by atomic mass is 32.1. The molecular formula is C16H21N2O3PS. The number of nitrogens with zero attached hydrogens (tertiary/aromatic N) is 1. The molecule has 2 rings (SSSR count). The number of unbranched alkanes of at least 4 members (excludes halogenated alkanes) is 1. The van der Waals surface area contributed by atoms with Crippen molar-refractivity contribution < 1.29 is 14.4 Å². The van der Waals surface area contributed by atoms with Gasteiger partial charge in [0, 0.05) is 25.4 Å². The highest BCUT2D eigenvalue weighted by molar-refractivity contribution is 7.80. The Morgan fingerprint density at radius 2 is 1.87 bits per heavy atom. The van der Waals surface area contributed by atoms with Gasteiger partial charge < -0.3 is 20.0 Å². The first-order valence-electron chi connectivity index (χ1n) is 7.42. The van der Waals surface area contributed by atoms with Crippen LogP contribution in [0.2, 0.25) is 0 Å². The molecule has 23 heavy (non-hydrogen) atoms. The number of rotatable bonds is 6. The molecule has 0 fully saturated rings. The van der Waals surface area contributed by atoms with Gasteiger partial charge in [0.15, 0.2) is 5.11 Å². The fourth-order valence-electron chi connectivity index (χ4n) is 2.26. The number of fused-ring (bicyclic) bond motifs is 1. The lowest BCUT2D eigenvalue weighted by atomic mass is 10.1. The minimum absolute atomic E-state index is 0.0814. The fourth-order valence-corrected chi connectivity index (χ4v) is 3.10. The maximum atomic E-state index is 10.8. The number of hydrogen-bond acceptors (Lipinski definition) is 2. The van der Waals surface area contributed by atoms with Gasteiger partial charge in [-0.25, -0.2) is 0 Å². The molecule has 3 N–H and O–H groups in total. The molecule has 0 amide bonds. The number of anilines is 1. The van der Waals surface area contributed by atoms with E-state index >= 15 is 0 Å². The Labute approximate surface area is 141 Å². The predicted molar refractivity (Wildman–Crippen MR) is 99.1 cm³/mol. The van der Waals surface area contributed by atoms with E-state index in [2.05, 4.69) is 29.6 Å². The van der Waals surface area contributed by atoms with Crippen molar-refractivity contribution in [1.29, 1.82) is 0 Å². The average Bonchev–Trinajstić information content (AvgIpc) is 2.52. The Bertz CT molecular complexity index is 732. The fraction of sp³-hybridized carbons (Fsp3) is 0.312. The molecule has 124 valence electrons. The van der Waals surface area contributed by atoms with E-state index in [4.69, 9.17) is 22.0 Å². The van der Waals surface area contributed by atoms with Crippen LogP contribution in [-0.4, -0.2) is 34.7 Å². The average molecular weight is 352 g/mol. The van der Waals surface area contributed by atoms with Gasteiger partial charge in [0.2, 0.25) is 0 Å². The summed E-state index contributed by atoms with van der Waals surface area (Å²) in [6.07, 6.45) is 1.05. The van der Waals surface area contributed by atoms with E-state index in [1.165, 1.54) is 5.39 Å². The van der Waals surface area contributed by atoms with Crippen LogP contribution in [0.1, 0.15) is 12.8 Å². The second kappa shape index (κ2) is 7.88. The third-order valence-corrected chi connectivity index (χ3v) is 4.89. The Balaban J connectivity index is 1.87. The summed E-state index contributed by atoms with van der Waals surface area (Å²) in [6.45, 7) is 0.594. The van der Waals surface area contributed by atoms with Gasteiger partial charge in [-0.15, -0.1) is 0 Å². The van der Waals surface area contributed by atoms with Crippen LogP contribution in [0.4, 0.5) is 5.69 Å². The van der Waals surface area contributed by atoms with Gasteiger partial charge >= 0.3 is 7.60 Å². The van der Waals surface area contributed by atoms with Gasteiger partial charge in [0.25, 0.3) is 0 Å². The molecule has 0 aromatic heterocycles. The first kappa shape index (κ1) is 17.9. The van der Waals surface area contributed by atoms with Crippen molar-refractivity contribution in [2.45, 2.75) is 12.8 Å². The normalized spacial score (nSPS) is 11.4. The minimum Gasteiger partial charge on any atom is -0.362 e. The number of nitrogens with one attached hydrogen (secondary N) is 1. The second-order valence-corrected chi connectivity index (χ2v) is 7.58. The summed E-state index contributed by atoms with van der Waals surface area (Å²) in [5, 5.41) is 6.05. The van der Waals surface area contributed by atoms with Crippen molar-refractivity contribution in [3.8, 4) is 0 Å². The summed E-state index contributed by atoms with van der Waals surface area (Å²) in [5.41, 5.74) is 0.997. The number of benzene rings is 2. The summed E-state index contributed by atoms with van der Waals surface area (Å²) in [5.74, 6) is 0. The lowest BCUT2D eigenvalue weighted by Crippen LogP contribution is -2.37. The van der Waals surface area contributed by atoms with Crippen LogP contribution in [0.15, 0.2) is 42.5 Å². The van der Waals surface area contributed by atoms with E-state index in [-0.39, 0.29) is 6.16 Å². The van der Waals surface area contributed by atoms with Gasteiger partial charge in [-0.2, -0.15) is 0 Å². The molecule has 7 heteroatoms. The Morgan fingerprint density at radius 1 is 1.17 bits per heavy atom. The molecule has 5 nitrogen and oxygen atoms in total. The van der Waals surface area contributed by atoms with Crippen LogP contribution in [-0.2, 0) is 4.57 Å². The zero-order valence-corrected chi connectivity index (χ0v) is 14.7. The zero-order chi connectivity index (χ0) is 16.9. The van der Waals surface area contributed by atoms with Crippen LogP contribution >= 0.6 is 19.8 Å². The molecule has 0 spiro atoms. The number of thiocarbonyl (C=S) groups is 1. The lowest BCUT2D eigenvalue weighted by Gasteiger charge is -2.21. The summed E-state index contributed by atoms with van der Waals surface area (Å²) >= 11 is 5.37. The van der Waals surface area contributed by atoms with Crippen LogP contribution in [0.25, 0.3) is 10.8 Å². The molecular weight excluding hydrogens is 331 g/mol. The third kappa shape index (κ3) is 5.59. The molecule has 0 saturated carbocycles. The van der Waals surface area contributed by atoms with Crippen molar-refractivity contribution in [2.75, 3.05) is 24.7 Å². The van der Waals surface area contributed by atoms with Crippen molar-refractivity contribution in [2.24, 2.45) is 0 Å². The Kier molecular flexibility index (Phi) is 6.13. The van der Waals surface area contributed by atoms with Crippen LogP contribution in [0.3, 0.4) is 0 Å². The van der Waals surface area contributed by atoms with E-state index in [0.717, 1.165) is 11.1 Å². The van der Waals surface area contributed by atoms with E-state index in [0.29, 0.717) is 24.5 Å². The topological polar surface area (TPSA) is 72.8 Å². The summed E-state index contributed by atoms with van der Waals surface area (Å²) in [4.78, 5) is 19.5. The van der Waals surface area contributed by atoms with Crippen molar-refractivity contribution in [1.82, 2.24) is 5.32 Å².